The van der Waals surface area contributed by atoms with Crippen LogP contribution in [0.1, 0.15) is 43.4 Å². The Morgan fingerprint density at radius 3 is 2.89 bits per heavy atom. The molecule has 0 atom stereocenters. The minimum absolute atomic E-state index is 0.0216. The largest absolute Gasteiger partial charge is 0.482 e. The van der Waals surface area contributed by atoms with Gasteiger partial charge in [-0.15, -0.1) is 0 Å². The van der Waals surface area contributed by atoms with Gasteiger partial charge < -0.3 is 15.0 Å². The van der Waals surface area contributed by atoms with Gasteiger partial charge in [-0.2, -0.15) is 0 Å². The second-order valence-electron chi connectivity index (χ2n) is 8.01. The van der Waals surface area contributed by atoms with Crippen LogP contribution < -0.4 is 10.1 Å². The molecule has 0 bridgehead atoms. The maximum atomic E-state index is 12.8. The third-order valence-corrected chi connectivity index (χ3v) is 4.71. The molecule has 2 aliphatic rings. The van der Waals surface area contributed by atoms with E-state index in [9.17, 15) is 9.59 Å². The lowest BCUT2D eigenvalue weighted by atomic mass is 9.95. The number of aromatic nitrogens is 2. The minimum atomic E-state index is -0.186. The Balaban J connectivity index is 1.47. The van der Waals surface area contributed by atoms with E-state index < -0.39 is 0 Å². The predicted molar refractivity (Wildman–Crippen MR) is 99.3 cm³/mol. The third kappa shape index (κ3) is 3.49. The van der Waals surface area contributed by atoms with Crippen molar-refractivity contribution in [2.24, 2.45) is 0 Å². The van der Waals surface area contributed by atoms with E-state index in [1.807, 2.05) is 12.3 Å². The van der Waals surface area contributed by atoms with Crippen molar-refractivity contribution < 1.29 is 14.3 Å². The summed E-state index contributed by atoms with van der Waals surface area (Å²) in [7, 11) is 0. The van der Waals surface area contributed by atoms with Crippen LogP contribution in [0.4, 0.5) is 5.69 Å². The first-order chi connectivity index (χ1) is 12.8. The van der Waals surface area contributed by atoms with Crippen molar-refractivity contribution in [3.63, 3.8) is 0 Å². The minimum Gasteiger partial charge on any atom is -0.482 e. The maximum absolute atomic E-state index is 12.8. The molecule has 1 aromatic heterocycles. The number of nitrogens with one attached hydrogen (secondary N) is 1. The molecular formula is C20H22N4O3. The first kappa shape index (κ1) is 17.5. The molecule has 0 saturated heterocycles. The standard InChI is InChI=1S/C20H22N4O3/c1-20(2,3)19-21-8-13-9-24(10-15(13)23-19)18(26)7-12-4-5-16-14(6-12)22-17(25)11-27-16/h4-6,8H,7,9-11H2,1-3H3,(H,22,25). The van der Waals surface area contributed by atoms with Crippen molar-refractivity contribution in [1.29, 1.82) is 0 Å². The lowest BCUT2D eigenvalue weighted by Crippen LogP contribution is -2.28. The summed E-state index contributed by atoms with van der Waals surface area (Å²) in [5.41, 5.74) is 3.25. The van der Waals surface area contributed by atoms with Crippen molar-refractivity contribution in [2.45, 2.75) is 45.7 Å². The molecule has 2 aliphatic heterocycles. The molecule has 27 heavy (non-hydrogen) atoms. The summed E-state index contributed by atoms with van der Waals surface area (Å²) in [5, 5.41) is 2.77. The molecule has 7 nitrogen and oxygen atoms in total. The van der Waals surface area contributed by atoms with Crippen LogP contribution in [-0.4, -0.2) is 33.3 Å². The molecule has 2 amide bonds. The molecule has 4 rings (SSSR count). The van der Waals surface area contributed by atoms with E-state index in [1.165, 1.54) is 0 Å². The smallest absolute Gasteiger partial charge is 0.262 e. The van der Waals surface area contributed by atoms with Gasteiger partial charge in [-0.1, -0.05) is 26.8 Å². The zero-order chi connectivity index (χ0) is 19.2. The summed E-state index contributed by atoms with van der Waals surface area (Å²) in [6.45, 7) is 7.28. The molecule has 0 saturated carbocycles. The molecule has 3 heterocycles. The number of hydrogen-bond donors (Lipinski definition) is 1. The van der Waals surface area contributed by atoms with Gasteiger partial charge in [-0.3, -0.25) is 9.59 Å². The number of anilines is 1. The van der Waals surface area contributed by atoms with Crippen LogP contribution in [0.2, 0.25) is 0 Å². The van der Waals surface area contributed by atoms with Crippen LogP contribution in [0.5, 0.6) is 5.75 Å². The topological polar surface area (TPSA) is 84.4 Å². The summed E-state index contributed by atoms with van der Waals surface area (Å²) in [4.78, 5) is 35.1. The summed E-state index contributed by atoms with van der Waals surface area (Å²) < 4.78 is 5.35. The summed E-state index contributed by atoms with van der Waals surface area (Å²) in [5.74, 6) is 1.26. The Morgan fingerprint density at radius 2 is 2.11 bits per heavy atom. The van der Waals surface area contributed by atoms with Crippen LogP contribution in [0.25, 0.3) is 0 Å². The zero-order valence-corrected chi connectivity index (χ0v) is 15.7. The fourth-order valence-electron chi connectivity index (χ4n) is 3.22. The summed E-state index contributed by atoms with van der Waals surface area (Å²) in [6.07, 6.45) is 2.10. The number of carbonyl (C=O) groups is 2. The van der Waals surface area contributed by atoms with Gasteiger partial charge in [-0.25, -0.2) is 9.97 Å². The van der Waals surface area contributed by atoms with Gasteiger partial charge in [0.2, 0.25) is 5.91 Å². The van der Waals surface area contributed by atoms with Gasteiger partial charge in [0.15, 0.2) is 6.61 Å². The average Bonchev–Trinajstić information content (AvgIpc) is 3.04. The Labute approximate surface area is 157 Å². The lowest BCUT2D eigenvalue weighted by Gasteiger charge is -2.19. The Morgan fingerprint density at radius 1 is 1.30 bits per heavy atom. The molecule has 0 spiro atoms. The van der Waals surface area contributed by atoms with Crippen molar-refractivity contribution in [2.75, 3.05) is 11.9 Å². The number of nitrogens with zero attached hydrogens (tertiary/aromatic N) is 3. The Bertz CT molecular complexity index is 933. The van der Waals surface area contributed by atoms with Gasteiger partial charge in [0.1, 0.15) is 11.6 Å². The van der Waals surface area contributed by atoms with E-state index in [2.05, 4.69) is 36.1 Å². The zero-order valence-electron chi connectivity index (χ0n) is 15.7. The number of carbonyl (C=O) groups excluding carboxylic acids is 2. The van der Waals surface area contributed by atoms with Gasteiger partial charge in [-0.05, 0) is 17.7 Å². The highest BCUT2D eigenvalue weighted by Gasteiger charge is 2.27. The number of fused-ring (bicyclic) bond motifs is 2. The number of amides is 2. The normalized spacial score (nSPS) is 15.7. The van der Waals surface area contributed by atoms with Crippen LogP contribution in [-0.2, 0) is 34.5 Å². The third-order valence-electron chi connectivity index (χ3n) is 4.71. The highest BCUT2D eigenvalue weighted by Crippen LogP contribution is 2.29. The van der Waals surface area contributed by atoms with Crippen LogP contribution >= 0.6 is 0 Å². The SMILES string of the molecule is CC(C)(C)c1ncc2c(n1)CN(C(=O)Cc1ccc3c(c1)NC(=O)CO3)C2. The number of benzene rings is 1. The van der Waals surface area contributed by atoms with Crippen molar-refractivity contribution in [1.82, 2.24) is 14.9 Å². The highest BCUT2D eigenvalue weighted by atomic mass is 16.5. The van der Waals surface area contributed by atoms with E-state index in [-0.39, 0.29) is 30.3 Å². The Hall–Kier alpha value is -2.96. The van der Waals surface area contributed by atoms with Crippen molar-refractivity contribution in [3.05, 3.63) is 47.0 Å². The lowest BCUT2D eigenvalue weighted by molar-refractivity contribution is -0.131. The van der Waals surface area contributed by atoms with Crippen molar-refractivity contribution in [3.8, 4) is 5.75 Å². The molecule has 0 fully saturated rings. The predicted octanol–water partition coefficient (Wildman–Crippen LogP) is 2.19. The first-order valence-electron chi connectivity index (χ1n) is 8.98. The molecule has 140 valence electrons. The second-order valence-corrected chi connectivity index (χ2v) is 8.01. The Kier molecular flexibility index (Phi) is 4.09. The van der Waals surface area contributed by atoms with E-state index >= 15 is 0 Å². The molecule has 7 heteroatoms. The van der Waals surface area contributed by atoms with Crippen LogP contribution in [0.15, 0.2) is 24.4 Å². The number of hydrogen-bond acceptors (Lipinski definition) is 5. The molecule has 0 aliphatic carbocycles. The second kappa shape index (κ2) is 6.33. The van der Waals surface area contributed by atoms with Crippen molar-refractivity contribution >= 4 is 17.5 Å². The quantitative estimate of drug-likeness (QED) is 0.881. The van der Waals surface area contributed by atoms with Gasteiger partial charge in [0, 0.05) is 23.7 Å². The summed E-state index contributed by atoms with van der Waals surface area (Å²) in [6, 6.07) is 5.44. The molecule has 2 aromatic rings. The molecule has 0 radical (unpaired) electrons. The highest BCUT2D eigenvalue weighted by molar-refractivity contribution is 5.95. The van der Waals surface area contributed by atoms with Crippen LogP contribution in [0.3, 0.4) is 0 Å². The number of ether oxygens (including phenoxy) is 1. The summed E-state index contributed by atoms with van der Waals surface area (Å²) >= 11 is 0. The van der Waals surface area contributed by atoms with Crippen LogP contribution in [0, 0.1) is 0 Å². The van der Waals surface area contributed by atoms with Gasteiger partial charge in [0.05, 0.1) is 24.3 Å². The van der Waals surface area contributed by atoms with E-state index in [0.717, 1.165) is 22.6 Å². The average molecular weight is 366 g/mol. The number of rotatable bonds is 2. The molecular weight excluding hydrogens is 344 g/mol. The monoisotopic (exact) mass is 366 g/mol. The fourth-order valence-corrected chi connectivity index (χ4v) is 3.22. The molecule has 1 N–H and O–H groups in total. The van der Waals surface area contributed by atoms with E-state index in [0.29, 0.717) is 24.5 Å². The van der Waals surface area contributed by atoms with Gasteiger partial charge >= 0.3 is 0 Å². The molecule has 0 unspecified atom stereocenters. The van der Waals surface area contributed by atoms with E-state index in [1.54, 1.807) is 17.0 Å². The first-order valence-corrected chi connectivity index (χ1v) is 8.98. The van der Waals surface area contributed by atoms with Gasteiger partial charge in [0.25, 0.3) is 5.91 Å². The molecule has 1 aromatic carbocycles. The fraction of sp³-hybridized carbons (Fsp3) is 0.400. The maximum Gasteiger partial charge on any atom is 0.262 e. The van der Waals surface area contributed by atoms with E-state index in [4.69, 9.17) is 4.74 Å².